The van der Waals surface area contributed by atoms with Gasteiger partial charge in [0.25, 0.3) is 5.92 Å². The van der Waals surface area contributed by atoms with Crippen LogP contribution in [0.3, 0.4) is 0 Å². The van der Waals surface area contributed by atoms with E-state index in [0.29, 0.717) is 4.90 Å². The molecule has 234 valence electrons. The molecule has 3 amide bonds. The van der Waals surface area contributed by atoms with Crippen molar-refractivity contribution in [1.29, 1.82) is 0 Å². The number of nitrogens with one attached hydrogen (secondary N) is 1. The van der Waals surface area contributed by atoms with Crippen molar-refractivity contribution in [2.24, 2.45) is 0 Å². The van der Waals surface area contributed by atoms with Crippen LogP contribution in [0.5, 0.6) is 0 Å². The Balaban J connectivity index is 1.58. The topological polar surface area (TPSA) is 138 Å². The van der Waals surface area contributed by atoms with Gasteiger partial charge in [-0.1, -0.05) is 0 Å². The number of carbonyl (C=O) groups is 3. The van der Waals surface area contributed by atoms with Gasteiger partial charge in [-0.2, -0.15) is 13.2 Å². The first-order valence-corrected chi connectivity index (χ1v) is 13.4. The average Bonchev–Trinajstić information content (AvgIpc) is 2.91. The first kappa shape index (κ1) is 32.0. The number of aromatic nitrogens is 3. The number of hydrogen-bond acceptors (Lipinski definition) is 8. The molecule has 0 aromatic carbocycles. The highest BCUT2D eigenvalue weighted by atomic mass is 19.4. The van der Waals surface area contributed by atoms with Gasteiger partial charge in [0.1, 0.15) is 5.60 Å². The number of carbonyl (C=O) groups excluding carboxylic acids is 3. The minimum Gasteiger partial charge on any atom is -0.444 e. The number of piperidine rings is 1. The first-order valence-electron chi connectivity index (χ1n) is 13.4. The molecule has 2 aliphatic heterocycles. The van der Waals surface area contributed by atoms with Crippen molar-refractivity contribution in [3.05, 3.63) is 41.5 Å². The molecule has 2 atom stereocenters. The first-order chi connectivity index (χ1) is 19.9. The molecule has 0 aliphatic carbocycles. The number of pyridine rings is 1. The molecular formula is C27H31F5N6O5. The van der Waals surface area contributed by atoms with Crippen LogP contribution >= 0.6 is 0 Å². The van der Waals surface area contributed by atoms with Crippen LogP contribution in [0.15, 0.2) is 24.5 Å². The van der Waals surface area contributed by atoms with Gasteiger partial charge in [-0.15, -0.1) is 0 Å². The Bertz CT molecular complexity index is 1370. The van der Waals surface area contributed by atoms with Gasteiger partial charge in [0, 0.05) is 55.9 Å². The van der Waals surface area contributed by atoms with Crippen LogP contribution in [-0.2, 0) is 33.5 Å². The molecule has 11 nitrogen and oxygen atoms in total. The Kier molecular flexibility index (Phi) is 8.90. The highest BCUT2D eigenvalue weighted by Gasteiger charge is 2.49. The Morgan fingerprint density at radius 2 is 1.84 bits per heavy atom. The predicted octanol–water partition coefficient (Wildman–Crippen LogP) is 3.30. The highest BCUT2D eigenvalue weighted by molar-refractivity contribution is 5.80. The van der Waals surface area contributed by atoms with Gasteiger partial charge < -0.3 is 25.0 Å². The minimum absolute atomic E-state index is 0.0216. The van der Waals surface area contributed by atoms with Crippen molar-refractivity contribution >= 4 is 17.9 Å². The lowest BCUT2D eigenvalue weighted by molar-refractivity contribution is -0.205. The fourth-order valence-corrected chi connectivity index (χ4v) is 4.83. The Hall–Kier alpha value is -3.95. The molecule has 1 saturated heterocycles. The molecule has 0 bridgehead atoms. The van der Waals surface area contributed by atoms with Crippen LogP contribution in [0, 0.1) is 0 Å². The zero-order valence-corrected chi connectivity index (χ0v) is 23.6. The summed E-state index contributed by atoms with van der Waals surface area (Å²) in [5.74, 6) is -5.26. The van der Waals surface area contributed by atoms with Crippen LogP contribution in [0.1, 0.15) is 57.0 Å². The number of likely N-dealkylation sites (tertiary alicyclic amines) is 1. The second-order valence-corrected chi connectivity index (χ2v) is 11.3. The summed E-state index contributed by atoms with van der Waals surface area (Å²) >= 11 is 0. The molecule has 2 aromatic rings. The summed E-state index contributed by atoms with van der Waals surface area (Å²) in [6.45, 7) is 3.63. The van der Waals surface area contributed by atoms with Crippen molar-refractivity contribution in [3.8, 4) is 11.4 Å². The maximum Gasteiger partial charge on any atom is 0.433 e. The number of hydrogen-bond donors (Lipinski definition) is 2. The third-order valence-electron chi connectivity index (χ3n) is 6.85. The molecule has 2 aliphatic rings. The molecule has 4 heterocycles. The molecule has 2 N–H and O–H groups in total. The summed E-state index contributed by atoms with van der Waals surface area (Å²) in [4.78, 5) is 51.9. The van der Waals surface area contributed by atoms with E-state index in [1.807, 2.05) is 0 Å². The van der Waals surface area contributed by atoms with Gasteiger partial charge in [-0.3, -0.25) is 14.6 Å². The Morgan fingerprint density at radius 3 is 2.47 bits per heavy atom. The standard InChI is InChI=1S/C27H31F5N6O5/c1-25(2,3)43-24(42)34-16(13-38-19(39)4-8-26(28,29)23(38)41)12-20(40)37-11-7-17-18(14-37)35-22(15-5-9-33-10-6-15)36-21(17)27(30,31)32/h5-6,9-10,16,23,41H,4,7-8,11-14H2,1-3H3,(H,34,42)/t16?,23-/m0/s1. The molecule has 16 heteroatoms. The summed E-state index contributed by atoms with van der Waals surface area (Å²) in [6, 6.07) is 1.61. The van der Waals surface area contributed by atoms with Gasteiger partial charge in [0.05, 0.1) is 18.3 Å². The largest absolute Gasteiger partial charge is 0.444 e. The normalized spacial score (nSPS) is 19.5. The number of fused-ring (bicyclic) bond motifs is 1. The van der Waals surface area contributed by atoms with Gasteiger partial charge >= 0.3 is 12.3 Å². The van der Waals surface area contributed by atoms with Crippen LogP contribution < -0.4 is 5.32 Å². The Labute approximate surface area is 243 Å². The highest BCUT2D eigenvalue weighted by Crippen LogP contribution is 2.36. The molecule has 4 rings (SSSR count). The number of halogens is 5. The van der Waals surface area contributed by atoms with Crippen molar-refractivity contribution in [1.82, 2.24) is 30.1 Å². The van der Waals surface area contributed by atoms with Gasteiger partial charge in [0.15, 0.2) is 17.7 Å². The fourth-order valence-electron chi connectivity index (χ4n) is 4.83. The van der Waals surface area contributed by atoms with Crippen LogP contribution in [-0.4, -0.2) is 84.6 Å². The van der Waals surface area contributed by atoms with Gasteiger partial charge in [0.2, 0.25) is 11.8 Å². The zero-order chi connectivity index (χ0) is 31.7. The van der Waals surface area contributed by atoms with E-state index in [-0.39, 0.29) is 42.2 Å². The third-order valence-corrected chi connectivity index (χ3v) is 6.85. The summed E-state index contributed by atoms with van der Waals surface area (Å²) in [6.07, 6.45) is -7.67. The maximum absolute atomic E-state index is 14.2. The summed E-state index contributed by atoms with van der Waals surface area (Å²) < 4.78 is 75.4. The third kappa shape index (κ3) is 7.72. The Morgan fingerprint density at radius 1 is 1.16 bits per heavy atom. The predicted molar refractivity (Wildman–Crippen MR) is 139 cm³/mol. The van der Waals surface area contributed by atoms with E-state index in [2.05, 4.69) is 20.3 Å². The van der Waals surface area contributed by atoms with E-state index in [0.717, 1.165) is 0 Å². The van der Waals surface area contributed by atoms with E-state index in [4.69, 9.17) is 4.74 Å². The SMILES string of the molecule is CC(C)(C)OC(=O)NC(CC(=O)N1CCc2c(nc(-c3ccncc3)nc2C(F)(F)F)C1)CN1C(=O)CCC(F)(F)[C@@H]1O. The quantitative estimate of drug-likeness (QED) is 0.473. The van der Waals surface area contributed by atoms with Gasteiger partial charge in [-0.05, 0) is 39.3 Å². The number of ether oxygens (including phenoxy) is 1. The van der Waals surface area contributed by atoms with Crippen LogP contribution in [0.4, 0.5) is 26.7 Å². The van der Waals surface area contributed by atoms with Crippen molar-refractivity contribution in [2.75, 3.05) is 13.1 Å². The lowest BCUT2D eigenvalue weighted by atomic mass is 10.00. The van der Waals surface area contributed by atoms with E-state index >= 15 is 0 Å². The smallest absolute Gasteiger partial charge is 0.433 e. The molecule has 0 radical (unpaired) electrons. The van der Waals surface area contributed by atoms with E-state index in [1.165, 1.54) is 29.4 Å². The summed E-state index contributed by atoms with van der Waals surface area (Å²) in [7, 11) is 0. The molecule has 0 saturated carbocycles. The van der Waals surface area contributed by atoms with Crippen LogP contribution in [0.2, 0.25) is 0 Å². The molecule has 2 aromatic heterocycles. The van der Waals surface area contributed by atoms with E-state index in [9.17, 15) is 41.4 Å². The lowest BCUT2D eigenvalue weighted by Crippen LogP contribution is -2.59. The fraction of sp³-hybridized carbons (Fsp3) is 0.556. The maximum atomic E-state index is 14.2. The van der Waals surface area contributed by atoms with E-state index in [1.54, 1.807) is 20.8 Å². The molecule has 1 fully saturated rings. The molecule has 43 heavy (non-hydrogen) atoms. The number of nitrogens with zero attached hydrogens (tertiary/aromatic N) is 5. The number of alkyl carbamates (subject to hydrolysis) is 1. The second-order valence-electron chi connectivity index (χ2n) is 11.3. The summed E-state index contributed by atoms with van der Waals surface area (Å²) in [5.41, 5.74) is -1.95. The zero-order valence-electron chi connectivity index (χ0n) is 23.6. The van der Waals surface area contributed by atoms with Crippen molar-refractivity contribution < 1.29 is 46.2 Å². The average molecular weight is 615 g/mol. The second kappa shape index (κ2) is 12.0. The number of rotatable bonds is 6. The molecule has 0 spiro atoms. The number of aliphatic hydroxyl groups excluding tert-OH is 1. The summed E-state index contributed by atoms with van der Waals surface area (Å²) in [5, 5.41) is 12.5. The van der Waals surface area contributed by atoms with Crippen LogP contribution in [0.25, 0.3) is 11.4 Å². The molecular weight excluding hydrogens is 583 g/mol. The van der Waals surface area contributed by atoms with Crippen molar-refractivity contribution in [2.45, 2.75) is 83.0 Å². The minimum atomic E-state index is -4.78. The van der Waals surface area contributed by atoms with Gasteiger partial charge in [-0.25, -0.2) is 23.5 Å². The number of alkyl halides is 5. The van der Waals surface area contributed by atoms with Crippen molar-refractivity contribution in [3.63, 3.8) is 0 Å². The molecule has 1 unspecified atom stereocenters. The number of amides is 3. The monoisotopic (exact) mass is 614 g/mol. The number of aliphatic hydroxyl groups is 1. The van der Waals surface area contributed by atoms with E-state index < -0.39 is 79.4 Å². The lowest BCUT2D eigenvalue weighted by Gasteiger charge is -2.39.